The highest BCUT2D eigenvalue weighted by molar-refractivity contribution is 5.51. The van der Waals surface area contributed by atoms with Gasteiger partial charge in [-0.15, -0.1) is 0 Å². The molecule has 1 atom stereocenters. The first-order valence-electron chi connectivity index (χ1n) is 5.25. The van der Waals surface area contributed by atoms with Gasteiger partial charge in [0, 0.05) is 0 Å². The number of rotatable bonds is 6. The third-order valence-corrected chi connectivity index (χ3v) is 2.19. The Kier molecular flexibility index (Phi) is 4.78. The molecule has 0 aliphatic carbocycles. The van der Waals surface area contributed by atoms with Crippen molar-refractivity contribution in [3.05, 3.63) is 6.20 Å². The second-order valence-electron chi connectivity index (χ2n) is 3.46. The number of aromatic nitrogens is 2. The van der Waals surface area contributed by atoms with E-state index in [1.165, 1.54) is 13.3 Å². The van der Waals surface area contributed by atoms with Crippen molar-refractivity contribution in [3.8, 4) is 5.75 Å². The van der Waals surface area contributed by atoms with E-state index < -0.39 is 0 Å². The summed E-state index contributed by atoms with van der Waals surface area (Å²) < 4.78 is 5.10. The molecule has 0 amide bonds. The first-order chi connectivity index (χ1) is 7.71. The van der Waals surface area contributed by atoms with Gasteiger partial charge in [-0.3, -0.25) is 0 Å². The van der Waals surface area contributed by atoms with E-state index in [4.69, 9.17) is 10.5 Å². The van der Waals surface area contributed by atoms with E-state index in [-0.39, 0.29) is 18.6 Å². The first-order valence-corrected chi connectivity index (χ1v) is 5.25. The third-order valence-electron chi connectivity index (χ3n) is 2.19. The van der Waals surface area contributed by atoms with E-state index in [0.29, 0.717) is 11.6 Å². The lowest BCUT2D eigenvalue weighted by atomic mass is 10.2. The maximum Gasteiger partial charge on any atom is 0.222 e. The van der Waals surface area contributed by atoms with Gasteiger partial charge in [-0.05, 0) is 6.42 Å². The number of nitrogens with one attached hydrogen (secondary N) is 1. The quantitative estimate of drug-likeness (QED) is 0.659. The molecule has 1 rings (SSSR count). The average molecular weight is 226 g/mol. The summed E-state index contributed by atoms with van der Waals surface area (Å²) in [5, 5.41) is 12.3. The summed E-state index contributed by atoms with van der Waals surface area (Å²) in [4.78, 5) is 7.86. The molecule has 1 heterocycles. The summed E-state index contributed by atoms with van der Waals surface area (Å²) in [6, 6.07) is -0.0480. The molecule has 0 radical (unpaired) electrons. The fraction of sp³-hybridized carbons (Fsp3) is 0.600. The van der Waals surface area contributed by atoms with Gasteiger partial charge in [-0.2, -0.15) is 4.98 Å². The highest BCUT2D eigenvalue weighted by Crippen LogP contribution is 2.22. The van der Waals surface area contributed by atoms with Gasteiger partial charge in [0.1, 0.15) is 0 Å². The van der Waals surface area contributed by atoms with E-state index in [1.807, 2.05) is 0 Å². The fourth-order valence-corrected chi connectivity index (χ4v) is 1.39. The summed E-state index contributed by atoms with van der Waals surface area (Å²) in [7, 11) is 1.54. The van der Waals surface area contributed by atoms with E-state index in [9.17, 15) is 5.11 Å². The molecule has 0 spiro atoms. The largest absolute Gasteiger partial charge is 0.491 e. The number of nitrogen functional groups attached to an aromatic ring is 1. The number of nitrogens with two attached hydrogens (primary N) is 1. The Morgan fingerprint density at radius 1 is 1.62 bits per heavy atom. The number of hydrogen-bond acceptors (Lipinski definition) is 6. The second-order valence-corrected chi connectivity index (χ2v) is 3.46. The maximum atomic E-state index is 9.17. The molecule has 6 heteroatoms. The number of anilines is 2. The number of nitrogens with zero attached hydrogens (tertiary/aromatic N) is 2. The number of aliphatic hydroxyl groups is 1. The smallest absolute Gasteiger partial charge is 0.222 e. The average Bonchev–Trinajstić information content (AvgIpc) is 2.29. The summed E-state index contributed by atoms with van der Waals surface area (Å²) in [6.45, 7) is 2.09. The van der Waals surface area contributed by atoms with Gasteiger partial charge >= 0.3 is 0 Å². The van der Waals surface area contributed by atoms with Crippen molar-refractivity contribution in [1.82, 2.24) is 9.97 Å². The van der Waals surface area contributed by atoms with Crippen LogP contribution in [0.2, 0.25) is 0 Å². The fourth-order valence-electron chi connectivity index (χ4n) is 1.39. The molecule has 4 N–H and O–H groups in total. The minimum Gasteiger partial charge on any atom is -0.491 e. The normalized spacial score (nSPS) is 12.2. The van der Waals surface area contributed by atoms with Gasteiger partial charge in [0.15, 0.2) is 11.6 Å². The van der Waals surface area contributed by atoms with Crippen LogP contribution in [-0.4, -0.2) is 34.8 Å². The zero-order chi connectivity index (χ0) is 12.0. The molecular weight excluding hydrogens is 208 g/mol. The number of ether oxygens (including phenoxy) is 1. The molecule has 1 aromatic heterocycles. The van der Waals surface area contributed by atoms with Gasteiger partial charge in [0.2, 0.25) is 5.95 Å². The summed E-state index contributed by atoms with van der Waals surface area (Å²) in [5.41, 5.74) is 5.49. The molecule has 6 nitrogen and oxygen atoms in total. The highest BCUT2D eigenvalue weighted by atomic mass is 16.5. The van der Waals surface area contributed by atoms with Crippen LogP contribution in [0, 0.1) is 0 Å². The number of hydrogen-bond donors (Lipinski definition) is 3. The van der Waals surface area contributed by atoms with Crippen LogP contribution in [0.1, 0.15) is 19.8 Å². The predicted octanol–water partition coefficient (Wildman–Crippen LogP) is 0.640. The molecule has 1 unspecified atom stereocenters. The molecular formula is C10H18N4O2. The summed E-state index contributed by atoms with van der Waals surface area (Å²) >= 11 is 0. The molecule has 16 heavy (non-hydrogen) atoms. The van der Waals surface area contributed by atoms with E-state index in [2.05, 4.69) is 22.2 Å². The lowest BCUT2D eigenvalue weighted by Gasteiger charge is -2.17. The van der Waals surface area contributed by atoms with Crippen molar-refractivity contribution in [2.45, 2.75) is 25.8 Å². The third kappa shape index (κ3) is 3.23. The molecule has 0 bridgehead atoms. The zero-order valence-corrected chi connectivity index (χ0v) is 9.60. The molecule has 0 saturated carbocycles. The zero-order valence-electron chi connectivity index (χ0n) is 9.60. The van der Waals surface area contributed by atoms with Gasteiger partial charge in [-0.25, -0.2) is 4.98 Å². The van der Waals surface area contributed by atoms with Crippen molar-refractivity contribution in [1.29, 1.82) is 0 Å². The van der Waals surface area contributed by atoms with Gasteiger partial charge in [-0.1, -0.05) is 13.3 Å². The van der Waals surface area contributed by atoms with Crippen LogP contribution in [0.3, 0.4) is 0 Å². The first kappa shape index (κ1) is 12.5. The van der Waals surface area contributed by atoms with Crippen LogP contribution in [0.5, 0.6) is 5.75 Å². The summed E-state index contributed by atoms with van der Waals surface area (Å²) in [6.07, 6.45) is 3.33. The van der Waals surface area contributed by atoms with Crippen molar-refractivity contribution >= 4 is 11.8 Å². The maximum absolute atomic E-state index is 9.17. The topological polar surface area (TPSA) is 93.3 Å². The van der Waals surface area contributed by atoms with Crippen molar-refractivity contribution in [2.24, 2.45) is 0 Å². The van der Waals surface area contributed by atoms with E-state index >= 15 is 0 Å². The van der Waals surface area contributed by atoms with Crippen LogP contribution in [-0.2, 0) is 0 Å². The highest BCUT2D eigenvalue weighted by Gasteiger charge is 2.11. The molecule has 0 aliphatic rings. The van der Waals surface area contributed by atoms with E-state index in [0.717, 1.165) is 12.8 Å². The van der Waals surface area contributed by atoms with Crippen molar-refractivity contribution in [2.75, 3.05) is 24.8 Å². The molecule has 0 aliphatic heterocycles. The van der Waals surface area contributed by atoms with Crippen LogP contribution in [0.15, 0.2) is 6.20 Å². The second kappa shape index (κ2) is 6.12. The number of aliphatic hydroxyl groups excluding tert-OH is 1. The molecule has 90 valence electrons. The van der Waals surface area contributed by atoms with Crippen molar-refractivity contribution in [3.63, 3.8) is 0 Å². The Hall–Kier alpha value is -1.56. The van der Waals surface area contributed by atoms with Crippen LogP contribution >= 0.6 is 0 Å². The van der Waals surface area contributed by atoms with Gasteiger partial charge in [0.05, 0.1) is 26.0 Å². The Labute approximate surface area is 94.9 Å². The molecule has 0 saturated heterocycles. The lowest BCUT2D eigenvalue weighted by molar-refractivity contribution is 0.267. The minimum atomic E-state index is -0.0480. The summed E-state index contributed by atoms with van der Waals surface area (Å²) in [5.74, 6) is 1.21. The Morgan fingerprint density at radius 3 is 2.94 bits per heavy atom. The predicted molar refractivity (Wildman–Crippen MR) is 62.4 cm³/mol. The van der Waals surface area contributed by atoms with Crippen LogP contribution in [0.25, 0.3) is 0 Å². The molecule has 0 aromatic carbocycles. The van der Waals surface area contributed by atoms with Gasteiger partial charge in [0.25, 0.3) is 0 Å². The Balaban J connectivity index is 2.80. The standard InChI is InChI=1S/C10H18N4O2/c1-3-4-7(6-15)13-9-8(16-2)5-12-10(11)14-9/h5,7,15H,3-4,6H2,1-2H3,(H3,11,12,13,14). The van der Waals surface area contributed by atoms with Crippen LogP contribution in [0.4, 0.5) is 11.8 Å². The molecule has 0 fully saturated rings. The Morgan fingerprint density at radius 2 is 2.38 bits per heavy atom. The molecule has 1 aromatic rings. The number of methoxy groups -OCH3 is 1. The minimum absolute atomic E-state index is 0.0426. The van der Waals surface area contributed by atoms with E-state index in [1.54, 1.807) is 0 Å². The van der Waals surface area contributed by atoms with Gasteiger partial charge < -0.3 is 20.9 Å². The van der Waals surface area contributed by atoms with Crippen molar-refractivity contribution < 1.29 is 9.84 Å². The van der Waals surface area contributed by atoms with Crippen LogP contribution < -0.4 is 15.8 Å². The Bertz CT molecular complexity index is 333. The SMILES string of the molecule is CCCC(CO)Nc1nc(N)ncc1OC. The lowest BCUT2D eigenvalue weighted by Crippen LogP contribution is -2.24. The monoisotopic (exact) mass is 226 g/mol.